The van der Waals surface area contributed by atoms with Crippen LogP contribution in [0, 0.1) is 0 Å². The third-order valence-electron chi connectivity index (χ3n) is 4.88. The Hall–Kier alpha value is -3.10. The predicted octanol–water partition coefficient (Wildman–Crippen LogP) is 1.83. The molecule has 2 aromatic rings. The van der Waals surface area contributed by atoms with Crippen molar-refractivity contribution in [3.63, 3.8) is 0 Å². The fraction of sp³-hybridized carbons (Fsp3) is 0.300. The first kappa shape index (κ1) is 19.7. The summed E-state index contributed by atoms with van der Waals surface area (Å²) < 4.78 is 0. The number of rotatable bonds is 6. The zero-order valence-corrected chi connectivity index (χ0v) is 16.2. The van der Waals surface area contributed by atoms with Gasteiger partial charge in [-0.25, -0.2) is 0 Å². The summed E-state index contributed by atoms with van der Waals surface area (Å²) in [6, 6.07) is 5.85. The molecule has 0 heterocycles. The Kier molecular flexibility index (Phi) is 5.26. The lowest BCUT2D eigenvalue weighted by Gasteiger charge is -2.27. The molecule has 2 unspecified atom stereocenters. The van der Waals surface area contributed by atoms with Gasteiger partial charge in [-0.1, -0.05) is 0 Å². The molecule has 3 rings (SSSR count). The molecule has 28 heavy (non-hydrogen) atoms. The zero-order chi connectivity index (χ0) is 20.6. The van der Waals surface area contributed by atoms with Crippen LogP contribution >= 0.6 is 0 Å². The number of benzene rings is 2. The summed E-state index contributed by atoms with van der Waals surface area (Å²) in [6.07, 6.45) is -0.331. The molecule has 1 aliphatic rings. The van der Waals surface area contributed by atoms with Gasteiger partial charge in [-0.2, -0.15) is 0 Å². The Balaban J connectivity index is 2.28. The van der Waals surface area contributed by atoms with Crippen molar-refractivity contribution in [3.05, 3.63) is 46.5 Å². The first-order valence-corrected chi connectivity index (χ1v) is 8.99. The summed E-state index contributed by atoms with van der Waals surface area (Å²) in [6.45, 7) is 3.74. The maximum atomic E-state index is 13.3. The summed E-state index contributed by atoms with van der Waals surface area (Å²) >= 11 is 0. The van der Waals surface area contributed by atoms with E-state index >= 15 is 0 Å². The molecule has 0 bridgehead atoms. The molecular formula is C20H24N4O4. The van der Waals surface area contributed by atoms with Crippen LogP contribution in [0.25, 0.3) is 0 Å². The Labute approximate surface area is 163 Å². The molecule has 0 spiro atoms. The van der Waals surface area contributed by atoms with Crippen LogP contribution < -0.4 is 21.3 Å². The van der Waals surface area contributed by atoms with Crippen molar-refractivity contribution in [2.45, 2.75) is 26.2 Å². The number of anilines is 2. The Morgan fingerprint density at radius 1 is 0.679 bits per heavy atom. The Bertz CT molecular complexity index is 882. The van der Waals surface area contributed by atoms with Gasteiger partial charge in [-0.15, -0.1) is 0 Å². The molecule has 0 amide bonds. The largest absolute Gasteiger partial charge is 0.507 e. The van der Waals surface area contributed by atoms with Crippen molar-refractivity contribution in [3.8, 4) is 11.5 Å². The van der Waals surface area contributed by atoms with E-state index in [4.69, 9.17) is 0 Å². The lowest BCUT2D eigenvalue weighted by Crippen LogP contribution is -2.34. The molecule has 6 N–H and O–H groups in total. The maximum absolute atomic E-state index is 13.3. The van der Waals surface area contributed by atoms with Gasteiger partial charge in [0.15, 0.2) is 0 Å². The summed E-state index contributed by atoms with van der Waals surface area (Å²) in [5.74, 6) is -1.73. The second-order valence-corrected chi connectivity index (χ2v) is 6.73. The Morgan fingerprint density at radius 2 is 1.04 bits per heavy atom. The van der Waals surface area contributed by atoms with Gasteiger partial charge in [-0.3, -0.25) is 9.59 Å². The molecule has 2 aromatic carbocycles. The number of carbonyl (C=O) groups is 2. The summed E-state index contributed by atoms with van der Waals surface area (Å²) in [7, 11) is 3.53. The van der Waals surface area contributed by atoms with Crippen LogP contribution in [0.4, 0.5) is 11.4 Å². The quantitative estimate of drug-likeness (QED) is 0.281. The lowest BCUT2D eigenvalue weighted by molar-refractivity contribution is 0.0975. The molecule has 0 saturated heterocycles. The minimum Gasteiger partial charge on any atom is -0.507 e. The molecule has 0 radical (unpaired) electrons. The average molecular weight is 384 g/mol. The fourth-order valence-corrected chi connectivity index (χ4v) is 3.22. The predicted molar refractivity (Wildman–Crippen MR) is 107 cm³/mol. The molecule has 0 fully saturated rings. The van der Waals surface area contributed by atoms with Crippen LogP contribution in [0.3, 0.4) is 0 Å². The molecule has 0 aromatic heterocycles. The third kappa shape index (κ3) is 3.17. The normalized spacial score (nSPS) is 14.9. The van der Waals surface area contributed by atoms with Crippen molar-refractivity contribution in [1.29, 1.82) is 0 Å². The van der Waals surface area contributed by atoms with Crippen molar-refractivity contribution in [2.75, 3.05) is 24.7 Å². The second-order valence-electron chi connectivity index (χ2n) is 6.73. The fourth-order valence-electron chi connectivity index (χ4n) is 3.22. The number of fused-ring (bicyclic) bond motifs is 2. The van der Waals surface area contributed by atoms with Gasteiger partial charge in [-0.05, 0) is 52.2 Å². The molecule has 2 atom stereocenters. The van der Waals surface area contributed by atoms with E-state index in [-0.39, 0.29) is 46.1 Å². The highest BCUT2D eigenvalue weighted by atomic mass is 16.3. The molecule has 8 nitrogen and oxygen atoms in total. The van der Waals surface area contributed by atoms with Crippen molar-refractivity contribution in [1.82, 2.24) is 10.6 Å². The number of carbonyl (C=O) groups excluding carboxylic acids is 2. The van der Waals surface area contributed by atoms with Crippen LogP contribution in [0.15, 0.2) is 24.3 Å². The number of phenols is 2. The number of hydrogen-bond donors (Lipinski definition) is 6. The summed E-state index contributed by atoms with van der Waals surface area (Å²) in [5, 5.41) is 32.8. The van der Waals surface area contributed by atoms with Crippen LogP contribution in [-0.4, -0.2) is 48.2 Å². The minimum atomic E-state index is -0.524. The second kappa shape index (κ2) is 7.49. The van der Waals surface area contributed by atoms with Gasteiger partial charge < -0.3 is 31.5 Å². The monoisotopic (exact) mass is 384 g/mol. The highest BCUT2D eigenvalue weighted by Crippen LogP contribution is 2.42. The van der Waals surface area contributed by atoms with Gasteiger partial charge >= 0.3 is 0 Å². The highest BCUT2D eigenvalue weighted by Gasteiger charge is 2.38. The van der Waals surface area contributed by atoms with E-state index in [0.717, 1.165) is 0 Å². The van der Waals surface area contributed by atoms with Gasteiger partial charge in [0, 0.05) is 11.4 Å². The minimum absolute atomic E-state index is 0.161. The van der Waals surface area contributed by atoms with E-state index in [1.54, 1.807) is 26.2 Å². The van der Waals surface area contributed by atoms with Crippen molar-refractivity contribution in [2.24, 2.45) is 0 Å². The van der Waals surface area contributed by atoms with Crippen LogP contribution in [0.2, 0.25) is 0 Å². The van der Waals surface area contributed by atoms with Gasteiger partial charge in [0.25, 0.3) is 0 Å². The number of hydrogen-bond acceptors (Lipinski definition) is 8. The molecular weight excluding hydrogens is 360 g/mol. The van der Waals surface area contributed by atoms with E-state index in [2.05, 4.69) is 21.3 Å². The number of ketones is 2. The topological polar surface area (TPSA) is 123 Å². The summed E-state index contributed by atoms with van der Waals surface area (Å²) in [4.78, 5) is 26.6. The molecule has 0 aliphatic heterocycles. The Morgan fingerprint density at radius 3 is 1.36 bits per heavy atom. The van der Waals surface area contributed by atoms with E-state index in [9.17, 15) is 19.8 Å². The first-order chi connectivity index (χ1) is 13.3. The van der Waals surface area contributed by atoms with E-state index < -0.39 is 11.6 Å². The number of nitrogens with one attached hydrogen (secondary N) is 4. The third-order valence-corrected chi connectivity index (χ3v) is 4.88. The van der Waals surface area contributed by atoms with E-state index in [0.29, 0.717) is 11.4 Å². The summed E-state index contributed by atoms with van der Waals surface area (Å²) in [5.41, 5.74) is 0.882. The van der Waals surface area contributed by atoms with E-state index in [1.165, 1.54) is 12.1 Å². The van der Waals surface area contributed by atoms with Gasteiger partial charge in [0.2, 0.25) is 11.6 Å². The number of aromatic hydroxyl groups is 2. The molecule has 0 saturated carbocycles. The van der Waals surface area contributed by atoms with Crippen molar-refractivity contribution < 1.29 is 19.8 Å². The molecule has 8 heteroatoms. The van der Waals surface area contributed by atoms with Crippen LogP contribution in [0.5, 0.6) is 11.5 Å². The first-order valence-electron chi connectivity index (χ1n) is 8.99. The highest BCUT2D eigenvalue weighted by molar-refractivity contribution is 6.33. The average Bonchev–Trinajstić information content (AvgIpc) is 2.68. The maximum Gasteiger partial charge on any atom is 0.200 e. The van der Waals surface area contributed by atoms with Crippen LogP contribution in [-0.2, 0) is 0 Å². The molecule has 1 aliphatic carbocycles. The van der Waals surface area contributed by atoms with Gasteiger partial charge in [0.05, 0.1) is 34.6 Å². The molecule has 148 valence electrons. The smallest absolute Gasteiger partial charge is 0.200 e. The standard InChI is InChI=1S/C20H24N4O4/c1-9(21-3)23-11-5-6-12(24-10(2)22-4)16-15(11)19(27)17-13(25)7-8-14(26)18(17)20(16)28/h5-10,21-26H,1-4H3. The van der Waals surface area contributed by atoms with Crippen LogP contribution in [0.1, 0.15) is 45.7 Å². The zero-order valence-electron chi connectivity index (χ0n) is 16.2. The number of phenolic OH excluding ortho intramolecular Hbond substituents is 2. The van der Waals surface area contributed by atoms with Gasteiger partial charge in [0.1, 0.15) is 11.5 Å². The SMILES string of the molecule is CNC(C)Nc1ccc(NC(C)NC)c2c1C(=O)c1c(O)ccc(O)c1C2=O. The van der Waals surface area contributed by atoms with Crippen molar-refractivity contribution >= 4 is 22.9 Å². The van der Waals surface area contributed by atoms with E-state index in [1.807, 2.05) is 13.8 Å². The lowest BCUT2D eigenvalue weighted by atomic mass is 9.81.